The van der Waals surface area contributed by atoms with E-state index in [0.29, 0.717) is 5.88 Å². The van der Waals surface area contributed by atoms with E-state index in [1.54, 1.807) is 0 Å². The second-order valence-corrected chi connectivity index (χ2v) is 2.93. The molecule has 0 aliphatic carbocycles. The molecule has 1 aromatic carbocycles. The molecule has 62 valence electrons. The van der Waals surface area contributed by atoms with Gasteiger partial charge in [0.15, 0.2) is 0 Å². The molecule has 0 aliphatic rings. The molecule has 0 aliphatic heterocycles. The van der Waals surface area contributed by atoms with Crippen LogP contribution in [-0.2, 0) is 0 Å². The summed E-state index contributed by atoms with van der Waals surface area (Å²) in [5, 5.41) is 0. The first-order chi connectivity index (χ1) is 5.84. The zero-order valence-corrected chi connectivity index (χ0v) is 7.86. The van der Waals surface area contributed by atoms with Crippen molar-refractivity contribution in [2.24, 2.45) is 0 Å². The van der Waals surface area contributed by atoms with E-state index in [4.69, 9.17) is 11.6 Å². The average molecular weight is 179 g/mol. The van der Waals surface area contributed by atoms with Crippen LogP contribution in [0.1, 0.15) is 17.5 Å². The predicted octanol–water partition coefficient (Wildman–Crippen LogP) is 2.98. The van der Waals surface area contributed by atoms with Gasteiger partial charge in [0.05, 0.1) is 0 Å². The van der Waals surface area contributed by atoms with E-state index in [-0.39, 0.29) is 0 Å². The maximum absolute atomic E-state index is 5.51. The zero-order chi connectivity index (χ0) is 8.81. The molecule has 0 radical (unpaired) electrons. The number of aryl methyl sites for hydroxylation is 1. The van der Waals surface area contributed by atoms with Crippen LogP contribution < -0.4 is 0 Å². The fourth-order valence-electron chi connectivity index (χ4n) is 0.918. The molecule has 0 unspecified atom stereocenters. The first kappa shape index (κ1) is 9.16. The number of alkyl halides is 1. The maximum atomic E-state index is 5.51. The van der Waals surface area contributed by atoms with E-state index in [1.165, 1.54) is 5.56 Å². The van der Waals surface area contributed by atoms with Gasteiger partial charge in [-0.15, -0.1) is 11.6 Å². The maximum Gasteiger partial charge on any atom is 0.0333 e. The molecule has 0 atom stereocenters. The van der Waals surface area contributed by atoms with E-state index in [1.807, 2.05) is 18.2 Å². The quantitative estimate of drug-likeness (QED) is 0.458. The summed E-state index contributed by atoms with van der Waals surface area (Å²) < 4.78 is 0. The normalized spacial score (nSPS) is 8.83. The highest BCUT2D eigenvalue weighted by Gasteiger charge is 1.89. The van der Waals surface area contributed by atoms with E-state index in [2.05, 4.69) is 24.8 Å². The number of benzene rings is 1. The first-order valence-electron chi connectivity index (χ1n) is 3.95. The zero-order valence-electron chi connectivity index (χ0n) is 7.10. The van der Waals surface area contributed by atoms with Crippen LogP contribution in [0.2, 0.25) is 0 Å². The summed E-state index contributed by atoms with van der Waals surface area (Å²) in [6, 6.07) is 8.10. The Morgan fingerprint density at radius 2 is 2.08 bits per heavy atom. The molecule has 12 heavy (non-hydrogen) atoms. The summed E-state index contributed by atoms with van der Waals surface area (Å²) >= 11 is 5.51. The Kier molecular flexibility index (Phi) is 3.70. The number of hydrogen-bond acceptors (Lipinski definition) is 0. The summed E-state index contributed by atoms with van der Waals surface area (Å²) in [5.41, 5.74) is 2.32. The Bertz CT molecular complexity index is 304. The molecule has 0 saturated carbocycles. The summed E-state index contributed by atoms with van der Waals surface area (Å²) in [7, 11) is 0. The molecule has 0 nitrogen and oxygen atoms in total. The van der Waals surface area contributed by atoms with Gasteiger partial charge in [-0.05, 0) is 18.6 Å². The summed E-state index contributed by atoms with van der Waals surface area (Å²) in [5.74, 6) is 6.70. The van der Waals surface area contributed by atoms with E-state index in [0.717, 1.165) is 12.0 Å². The Hall–Kier alpha value is -0.930. The second-order valence-electron chi connectivity index (χ2n) is 2.56. The van der Waals surface area contributed by atoms with Crippen molar-refractivity contribution in [1.29, 1.82) is 0 Å². The van der Waals surface area contributed by atoms with Crippen LogP contribution in [0.25, 0.3) is 0 Å². The minimum atomic E-state index is 0.610. The molecule has 1 aromatic rings. The van der Waals surface area contributed by atoms with E-state index >= 15 is 0 Å². The molecule has 1 heteroatoms. The lowest BCUT2D eigenvalue weighted by Gasteiger charge is -1.94. The summed E-state index contributed by atoms with van der Waals surface area (Å²) in [4.78, 5) is 0. The molecular weight excluding hydrogens is 168 g/mol. The number of halogens is 1. The molecular formula is C11H11Cl. The van der Waals surface area contributed by atoms with Crippen molar-refractivity contribution in [3.05, 3.63) is 35.4 Å². The fraction of sp³-hybridized carbons (Fsp3) is 0.273. The molecule has 0 aromatic heterocycles. The Morgan fingerprint density at radius 3 is 2.75 bits per heavy atom. The van der Waals surface area contributed by atoms with Gasteiger partial charge in [-0.3, -0.25) is 0 Å². The predicted molar refractivity (Wildman–Crippen MR) is 53.4 cm³/mol. The van der Waals surface area contributed by atoms with Gasteiger partial charge >= 0.3 is 0 Å². The number of hydrogen-bond donors (Lipinski definition) is 0. The molecule has 1 rings (SSSR count). The van der Waals surface area contributed by atoms with Crippen LogP contribution in [0.3, 0.4) is 0 Å². The van der Waals surface area contributed by atoms with Crippen LogP contribution in [0.15, 0.2) is 24.3 Å². The van der Waals surface area contributed by atoms with Crippen molar-refractivity contribution in [1.82, 2.24) is 0 Å². The van der Waals surface area contributed by atoms with Gasteiger partial charge in [0.1, 0.15) is 0 Å². The van der Waals surface area contributed by atoms with Gasteiger partial charge in [-0.1, -0.05) is 30.0 Å². The minimum absolute atomic E-state index is 0.610. The smallest absolute Gasteiger partial charge is 0.0333 e. The Morgan fingerprint density at radius 1 is 1.33 bits per heavy atom. The third-order valence-corrected chi connectivity index (χ3v) is 1.78. The minimum Gasteiger partial charge on any atom is -0.126 e. The lowest BCUT2D eigenvalue weighted by molar-refractivity contribution is 1.29. The molecule has 0 saturated heterocycles. The van der Waals surface area contributed by atoms with Gasteiger partial charge in [-0.2, -0.15) is 0 Å². The van der Waals surface area contributed by atoms with Crippen LogP contribution >= 0.6 is 11.6 Å². The highest BCUT2D eigenvalue weighted by atomic mass is 35.5. The third-order valence-electron chi connectivity index (χ3n) is 1.59. The van der Waals surface area contributed by atoms with Crippen molar-refractivity contribution in [3.63, 3.8) is 0 Å². The molecule has 0 amide bonds. The van der Waals surface area contributed by atoms with Crippen molar-refractivity contribution in [2.45, 2.75) is 13.3 Å². The molecule has 0 bridgehead atoms. The van der Waals surface area contributed by atoms with Crippen LogP contribution in [-0.4, -0.2) is 5.88 Å². The van der Waals surface area contributed by atoms with Gasteiger partial charge in [0.2, 0.25) is 0 Å². The molecule has 0 spiro atoms. The Balaban J connectivity index is 2.77. The monoisotopic (exact) mass is 178 g/mol. The second kappa shape index (κ2) is 4.85. The van der Waals surface area contributed by atoms with Crippen molar-refractivity contribution >= 4 is 11.6 Å². The highest BCUT2D eigenvalue weighted by Crippen LogP contribution is 2.04. The third kappa shape index (κ3) is 2.60. The topological polar surface area (TPSA) is 0 Å². The van der Waals surface area contributed by atoms with Gasteiger partial charge < -0.3 is 0 Å². The van der Waals surface area contributed by atoms with Crippen LogP contribution in [0, 0.1) is 18.8 Å². The van der Waals surface area contributed by atoms with Gasteiger partial charge in [-0.25, -0.2) is 0 Å². The summed E-state index contributed by atoms with van der Waals surface area (Å²) in [6.07, 6.45) is 0.760. The highest BCUT2D eigenvalue weighted by molar-refractivity contribution is 6.18. The van der Waals surface area contributed by atoms with Crippen LogP contribution in [0.5, 0.6) is 0 Å². The summed E-state index contributed by atoms with van der Waals surface area (Å²) in [6.45, 7) is 2.06. The average Bonchev–Trinajstić information content (AvgIpc) is 2.09. The lowest BCUT2D eigenvalue weighted by atomic mass is 10.1. The van der Waals surface area contributed by atoms with Crippen molar-refractivity contribution in [2.75, 3.05) is 5.88 Å². The van der Waals surface area contributed by atoms with E-state index < -0.39 is 0 Å². The lowest BCUT2D eigenvalue weighted by Crippen LogP contribution is -1.79. The number of rotatable bonds is 1. The standard InChI is InChI=1S/C11H11Cl/c1-10-6-2-3-7-11(10)8-4-5-9-12/h2-3,6-7H,5,9H2,1H3. The SMILES string of the molecule is Cc1ccccc1C#CCCCl. The molecule has 0 N–H and O–H groups in total. The van der Waals surface area contributed by atoms with Gasteiger partial charge in [0.25, 0.3) is 0 Å². The van der Waals surface area contributed by atoms with Gasteiger partial charge in [0, 0.05) is 17.9 Å². The molecule has 0 fully saturated rings. The van der Waals surface area contributed by atoms with E-state index in [9.17, 15) is 0 Å². The van der Waals surface area contributed by atoms with Crippen molar-refractivity contribution in [3.8, 4) is 11.8 Å². The Labute approximate surface area is 78.6 Å². The van der Waals surface area contributed by atoms with Crippen molar-refractivity contribution < 1.29 is 0 Å². The molecule has 0 heterocycles. The first-order valence-corrected chi connectivity index (χ1v) is 4.48. The van der Waals surface area contributed by atoms with Crippen LogP contribution in [0.4, 0.5) is 0 Å². The fourth-order valence-corrected chi connectivity index (χ4v) is 1.01. The largest absolute Gasteiger partial charge is 0.126 e.